The third kappa shape index (κ3) is 2.95. The minimum absolute atomic E-state index is 0.00199. The van der Waals surface area contributed by atoms with Crippen molar-refractivity contribution in [3.8, 4) is 0 Å². The summed E-state index contributed by atoms with van der Waals surface area (Å²) in [4.78, 5) is 2.56. The molecule has 0 spiro atoms. The molecule has 3 rings (SSSR count). The molecule has 1 atom stereocenters. The first-order valence-electron chi connectivity index (χ1n) is 7.33. The molecule has 0 unspecified atom stereocenters. The van der Waals surface area contributed by atoms with Gasteiger partial charge in [-0.2, -0.15) is 0 Å². The van der Waals surface area contributed by atoms with Crippen LogP contribution in [0.3, 0.4) is 0 Å². The molecular formula is C17H17Cl2NO2S. The molecule has 23 heavy (non-hydrogen) atoms. The number of hydrogen-bond donors (Lipinski definition) is 0. The highest BCUT2D eigenvalue weighted by molar-refractivity contribution is 7.90. The van der Waals surface area contributed by atoms with Crippen LogP contribution in [0, 0.1) is 0 Å². The normalized spacial score (nSPS) is 17.9. The molecule has 6 heteroatoms. The molecule has 0 saturated heterocycles. The Morgan fingerprint density at radius 3 is 2.30 bits per heavy atom. The Morgan fingerprint density at radius 1 is 1.09 bits per heavy atom. The zero-order valence-corrected chi connectivity index (χ0v) is 15.2. The Hall–Kier alpha value is -1.23. The van der Waals surface area contributed by atoms with Crippen molar-refractivity contribution in [2.45, 2.75) is 24.3 Å². The third-order valence-electron chi connectivity index (χ3n) is 4.31. The van der Waals surface area contributed by atoms with Gasteiger partial charge in [0.1, 0.15) is 0 Å². The zero-order chi connectivity index (χ0) is 16.8. The van der Waals surface area contributed by atoms with Crippen molar-refractivity contribution in [1.29, 1.82) is 0 Å². The van der Waals surface area contributed by atoms with E-state index < -0.39 is 9.84 Å². The van der Waals surface area contributed by atoms with Gasteiger partial charge in [0.2, 0.25) is 0 Å². The van der Waals surface area contributed by atoms with E-state index in [0.29, 0.717) is 27.9 Å². The van der Waals surface area contributed by atoms with Crippen molar-refractivity contribution in [3.63, 3.8) is 0 Å². The second-order valence-electron chi connectivity index (χ2n) is 5.79. The van der Waals surface area contributed by atoms with Gasteiger partial charge in [0.25, 0.3) is 0 Å². The molecular weight excluding hydrogens is 353 g/mol. The molecule has 0 fully saturated rings. The maximum Gasteiger partial charge on any atom is 0.175 e. The summed E-state index contributed by atoms with van der Waals surface area (Å²) in [5.74, 6) is 0. The summed E-state index contributed by atoms with van der Waals surface area (Å²) >= 11 is 12.7. The van der Waals surface area contributed by atoms with Gasteiger partial charge < -0.3 is 4.90 Å². The number of anilines is 1. The molecule has 1 aliphatic rings. The van der Waals surface area contributed by atoms with Gasteiger partial charge in [0, 0.05) is 12.8 Å². The van der Waals surface area contributed by atoms with E-state index in [0.717, 1.165) is 16.8 Å². The number of benzene rings is 2. The van der Waals surface area contributed by atoms with Gasteiger partial charge in [-0.3, -0.25) is 0 Å². The highest BCUT2D eigenvalue weighted by atomic mass is 35.5. The van der Waals surface area contributed by atoms with E-state index in [9.17, 15) is 8.42 Å². The summed E-state index contributed by atoms with van der Waals surface area (Å²) in [5.41, 5.74) is 2.72. The monoisotopic (exact) mass is 369 g/mol. The fraction of sp³-hybridized carbons (Fsp3) is 0.294. The van der Waals surface area contributed by atoms with Crippen LogP contribution < -0.4 is 4.90 Å². The molecule has 1 aliphatic heterocycles. The second kappa shape index (κ2) is 6.00. The molecule has 1 heterocycles. The van der Waals surface area contributed by atoms with Crippen LogP contribution in [0.15, 0.2) is 41.3 Å². The number of rotatable bonds is 2. The molecule has 0 radical (unpaired) electrons. The average molecular weight is 370 g/mol. The largest absolute Gasteiger partial charge is 0.362 e. The lowest BCUT2D eigenvalue weighted by molar-refractivity contribution is 0.591. The quantitative estimate of drug-likeness (QED) is 0.780. The lowest BCUT2D eigenvalue weighted by Gasteiger charge is -2.38. The fourth-order valence-corrected chi connectivity index (χ4v) is 4.86. The average Bonchev–Trinajstić information content (AvgIpc) is 2.48. The first-order valence-corrected chi connectivity index (χ1v) is 9.98. The summed E-state index contributed by atoms with van der Waals surface area (Å²) < 4.78 is 24.0. The third-order valence-corrected chi connectivity index (χ3v) is 6.11. The van der Waals surface area contributed by atoms with Crippen LogP contribution in [-0.4, -0.2) is 21.2 Å². The maximum absolute atomic E-state index is 12.0. The van der Waals surface area contributed by atoms with E-state index in [4.69, 9.17) is 23.2 Å². The van der Waals surface area contributed by atoms with Crippen molar-refractivity contribution < 1.29 is 8.42 Å². The topological polar surface area (TPSA) is 37.4 Å². The molecule has 3 nitrogen and oxygen atoms in total. The van der Waals surface area contributed by atoms with E-state index in [1.54, 1.807) is 12.1 Å². The molecule has 122 valence electrons. The maximum atomic E-state index is 12.0. The van der Waals surface area contributed by atoms with Gasteiger partial charge in [0.15, 0.2) is 9.84 Å². The van der Waals surface area contributed by atoms with E-state index in [-0.39, 0.29) is 6.04 Å². The summed E-state index contributed by atoms with van der Waals surface area (Å²) in [5, 5.41) is 1.21. The van der Waals surface area contributed by atoms with Crippen LogP contribution in [0.1, 0.15) is 24.1 Å². The highest BCUT2D eigenvalue weighted by Crippen LogP contribution is 2.42. The number of halogens is 2. The molecule has 0 saturated carbocycles. The van der Waals surface area contributed by atoms with Crippen LogP contribution in [0.4, 0.5) is 5.69 Å². The zero-order valence-electron chi connectivity index (χ0n) is 12.9. The standard InChI is InChI=1S/C17H17Cl2NO2S/c1-11-12-5-3-8-16(23(2,21)22)13(12)9-10-20(11)17-14(18)6-4-7-15(17)19/h3-8,11H,9-10H2,1-2H3/t11-/m0/s1. The summed E-state index contributed by atoms with van der Waals surface area (Å²) in [6.07, 6.45) is 1.90. The number of para-hydroxylation sites is 1. The van der Waals surface area contributed by atoms with E-state index in [1.807, 2.05) is 31.2 Å². The molecule has 0 amide bonds. The second-order valence-corrected chi connectivity index (χ2v) is 8.58. The predicted molar refractivity (Wildman–Crippen MR) is 95.5 cm³/mol. The lowest BCUT2D eigenvalue weighted by atomic mass is 9.93. The smallest absolute Gasteiger partial charge is 0.175 e. The molecule has 0 aromatic heterocycles. The fourth-order valence-electron chi connectivity index (χ4n) is 3.25. The van der Waals surface area contributed by atoms with Crippen LogP contribution >= 0.6 is 23.2 Å². The Bertz CT molecular complexity index is 845. The molecule has 2 aromatic rings. The number of hydrogen-bond acceptors (Lipinski definition) is 3. The van der Waals surface area contributed by atoms with Crippen LogP contribution in [0.25, 0.3) is 0 Å². The van der Waals surface area contributed by atoms with Crippen molar-refractivity contribution in [3.05, 3.63) is 57.6 Å². The summed E-state index contributed by atoms with van der Waals surface area (Å²) in [6.45, 7) is 2.72. The summed E-state index contributed by atoms with van der Waals surface area (Å²) in [6, 6.07) is 10.9. The van der Waals surface area contributed by atoms with Crippen LogP contribution in [0.5, 0.6) is 0 Å². The number of sulfone groups is 1. The Kier molecular flexibility index (Phi) is 4.34. The van der Waals surface area contributed by atoms with Gasteiger partial charge in [0.05, 0.1) is 26.7 Å². The molecule has 2 aromatic carbocycles. The molecule has 0 bridgehead atoms. The first-order chi connectivity index (χ1) is 10.8. The van der Waals surface area contributed by atoms with E-state index in [2.05, 4.69) is 4.90 Å². The molecule has 0 N–H and O–H groups in total. The van der Waals surface area contributed by atoms with Crippen molar-refractivity contribution in [2.75, 3.05) is 17.7 Å². The van der Waals surface area contributed by atoms with Crippen LogP contribution in [-0.2, 0) is 16.3 Å². The predicted octanol–water partition coefficient (Wildman–Crippen LogP) is 4.52. The Labute approximate surface area is 146 Å². The number of fused-ring (bicyclic) bond motifs is 1. The minimum Gasteiger partial charge on any atom is -0.362 e. The minimum atomic E-state index is -3.24. The van der Waals surface area contributed by atoms with Gasteiger partial charge in [-0.15, -0.1) is 0 Å². The van der Waals surface area contributed by atoms with Gasteiger partial charge in [-0.1, -0.05) is 41.4 Å². The Balaban J connectivity index is 2.11. The van der Waals surface area contributed by atoms with E-state index in [1.165, 1.54) is 6.26 Å². The number of nitrogens with zero attached hydrogens (tertiary/aromatic N) is 1. The summed E-state index contributed by atoms with van der Waals surface area (Å²) in [7, 11) is -3.24. The van der Waals surface area contributed by atoms with Crippen molar-refractivity contribution in [1.82, 2.24) is 0 Å². The SMILES string of the molecule is C[C@H]1c2cccc(S(C)(=O)=O)c2CCN1c1c(Cl)cccc1Cl. The molecule has 0 aliphatic carbocycles. The van der Waals surface area contributed by atoms with Gasteiger partial charge in [-0.05, 0) is 42.7 Å². The lowest BCUT2D eigenvalue weighted by Crippen LogP contribution is -2.35. The van der Waals surface area contributed by atoms with Gasteiger partial charge >= 0.3 is 0 Å². The van der Waals surface area contributed by atoms with E-state index >= 15 is 0 Å². The van der Waals surface area contributed by atoms with Crippen molar-refractivity contribution in [2.24, 2.45) is 0 Å². The van der Waals surface area contributed by atoms with Crippen molar-refractivity contribution >= 4 is 38.7 Å². The van der Waals surface area contributed by atoms with Gasteiger partial charge in [-0.25, -0.2) is 8.42 Å². The highest BCUT2D eigenvalue weighted by Gasteiger charge is 2.29. The Morgan fingerprint density at radius 2 is 1.70 bits per heavy atom. The first kappa shape index (κ1) is 16.6. The van der Waals surface area contributed by atoms with Crippen LogP contribution in [0.2, 0.25) is 10.0 Å².